The molecule has 2 bridgehead atoms. The van der Waals surface area contributed by atoms with Crippen LogP contribution in [0.25, 0.3) is 11.1 Å². The van der Waals surface area contributed by atoms with Crippen molar-refractivity contribution in [2.45, 2.75) is 31.3 Å². The molecule has 0 spiro atoms. The summed E-state index contributed by atoms with van der Waals surface area (Å²) in [7, 11) is 0. The number of nitrogens with zero attached hydrogens (tertiary/aromatic N) is 1. The van der Waals surface area contributed by atoms with E-state index in [0.29, 0.717) is 18.8 Å². The molecule has 1 aliphatic carbocycles. The second-order valence-corrected chi connectivity index (χ2v) is 8.25. The van der Waals surface area contributed by atoms with E-state index >= 15 is 0 Å². The quantitative estimate of drug-likeness (QED) is 0.579. The van der Waals surface area contributed by atoms with Gasteiger partial charge in [-0.25, -0.2) is 4.39 Å². The van der Waals surface area contributed by atoms with Crippen molar-refractivity contribution in [3.63, 3.8) is 0 Å². The Balaban J connectivity index is 1.31. The second kappa shape index (κ2) is 6.60. The van der Waals surface area contributed by atoms with E-state index in [0.717, 1.165) is 30.2 Å². The first-order valence-electron chi connectivity index (χ1n) is 10.3. The van der Waals surface area contributed by atoms with Gasteiger partial charge >= 0.3 is 0 Å². The minimum atomic E-state index is -0.194. The first-order valence-corrected chi connectivity index (χ1v) is 10.3. The van der Waals surface area contributed by atoms with Crippen LogP contribution in [-0.4, -0.2) is 18.2 Å². The van der Waals surface area contributed by atoms with Crippen molar-refractivity contribution in [3.8, 4) is 22.6 Å². The molecule has 0 saturated carbocycles. The summed E-state index contributed by atoms with van der Waals surface area (Å²) in [4.78, 5) is 2.59. The van der Waals surface area contributed by atoms with E-state index in [9.17, 15) is 4.39 Å². The highest BCUT2D eigenvalue weighted by Gasteiger charge is 2.38. The summed E-state index contributed by atoms with van der Waals surface area (Å²) in [5.41, 5.74) is 6.43. The number of fused-ring (bicyclic) bond motifs is 6. The minimum absolute atomic E-state index is 0.194. The molecule has 0 amide bonds. The molecule has 3 aromatic carbocycles. The van der Waals surface area contributed by atoms with Crippen molar-refractivity contribution in [3.05, 3.63) is 83.2 Å². The molecule has 3 nitrogen and oxygen atoms in total. The van der Waals surface area contributed by atoms with Crippen LogP contribution in [0.15, 0.2) is 60.7 Å². The SMILES string of the molecule is Fc1ccc(-c2ccc3c(c2)[C@H]2C[C@H]3CCN2Cc2ccc3c(c2)OCO3)cc1. The Hall–Kier alpha value is -2.85. The van der Waals surface area contributed by atoms with Crippen LogP contribution in [0, 0.1) is 5.82 Å². The van der Waals surface area contributed by atoms with Gasteiger partial charge in [0.2, 0.25) is 6.79 Å². The number of halogens is 1. The third-order valence-electron chi connectivity index (χ3n) is 6.60. The Bertz CT molecular complexity index is 1080. The summed E-state index contributed by atoms with van der Waals surface area (Å²) >= 11 is 0. The van der Waals surface area contributed by atoms with Crippen LogP contribution in [0.5, 0.6) is 11.5 Å². The van der Waals surface area contributed by atoms with Crippen molar-refractivity contribution in [1.82, 2.24) is 4.90 Å². The van der Waals surface area contributed by atoms with Crippen molar-refractivity contribution >= 4 is 0 Å². The van der Waals surface area contributed by atoms with Gasteiger partial charge in [0, 0.05) is 12.6 Å². The van der Waals surface area contributed by atoms with Crippen LogP contribution in [0.2, 0.25) is 0 Å². The highest BCUT2D eigenvalue weighted by Crippen LogP contribution is 2.50. The van der Waals surface area contributed by atoms with Gasteiger partial charge in [-0.1, -0.05) is 30.3 Å². The highest BCUT2D eigenvalue weighted by molar-refractivity contribution is 5.66. The average molecular weight is 387 g/mol. The number of likely N-dealkylation sites (tertiary alicyclic amines) is 1. The first-order chi connectivity index (χ1) is 14.2. The Morgan fingerprint density at radius 3 is 2.59 bits per heavy atom. The van der Waals surface area contributed by atoms with E-state index in [-0.39, 0.29) is 5.82 Å². The topological polar surface area (TPSA) is 21.7 Å². The van der Waals surface area contributed by atoms with Gasteiger partial charge in [0.1, 0.15) is 5.82 Å². The lowest BCUT2D eigenvalue weighted by atomic mass is 9.94. The van der Waals surface area contributed by atoms with Gasteiger partial charge in [0.25, 0.3) is 0 Å². The standard InChI is InChI=1S/C25H22FNO2/c26-20-5-2-17(3-6-20)18-4-7-21-19-9-10-27(23(13-19)22(21)12-18)14-16-1-8-24-25(11-16)29-15-28-24/h1-8,11-12,19,23H,9-10,13-15H2/t19-,23-/m1/s1. The molecule has 2 atom stereocenters. The fourth-order valence-corrected chi connectivity index (χ4v) is 5.14. The van der Waals surface area contributed by atoms with Crippen LogP contribution in [0.1, 0.15) is 41.5 Å². The number of benzene rings is 3. The van der Waals surface area contributed by atoms with Gasteiger partial charge in [-0.3, -0.25) is 4.90 Å². The van der Waals surface area contributed by atoms with Crippen LogP contribution in [0.4, 0.5) is 4.39 Å². The van der Waals surface area contributed by atoms with E-state index in [1.54, 1.807) is 0 Å². The Morgan fingerprint density at radius 1 is 0.862 bits per heavy atom. The van der Waals surface area contributed by atoms with E-state index in [4.69, 9.17) is 9.47 Å². The van der Waals surface area contributed by atoms with Crippen molar-refractivity contribution in [2.75, 3.05) is 13.3 Å². The lowest BCUT2D eigenvalue weighted by Crippen LogP contribution is -2.31. The van der Waals surface area contributed by atoms with E-state index < -0.39 is 0 Å². The van der Waals surface area contributed by atoms with Crippen molar-refractivity contribution < 1.29 is 13.9 Å². The zero-order valence-electron chi connectivity index (χ0n) is 16.1. The van der Waals surface area contributed by atoms with Crippen LogP contribution in [-0.2, 0) is 6.54 Å². The van der Waals surface area contributed by atoms with Gasteiger partial charge in [0.05, 0.1) is 0 Å². The van der Waals surface area contributed by atoms with Crippen molar-refractivity contribution in [1.29, 1.82) is 0 Å². The molecule has 6 rings (SSSR count). The smallest absolute Gasteiger partial charge is 0.231 e. The molecule has 4 heteroatoms. The molecule has 0 unspecified atom stereocenters. The summed E-state index contributed by atoms with van der Waals surface area (Å²) in [6, 6.07) is 20.3. The maximum Gasteiger partial charge on any atom is 0.231 e. The Labute approximate surface area is 169 Å². The van der Waals surface area contributed by atoms with Gasteiger partial charge in [-0.2, -0.15) is 0 Å². The highest BCUT2D eigenvalue weighted by atomic mass is 19.1. The summed E-state index contributed by atoms with van der Waals surface area (Å²) in [6.45, 7) is 2.32. The molecule has 1 saturated heterocycles. The largest absolute Gasteiger partial charge is 0.454 e. The molecule has 2 aliphatic heterocycles. The van der Waals surface area contributed by atoms with Gasteiger partial charge in [-0.15, -0.1) is 0 Å². The number of hydrogen-bond donors (Lipinski definition) is 0. The molecular formula is C25H22FNO2. The molecule has 0 N–H and O–H groups in total. The molecule has 3 aromatic rings. The molecule has 146 valence electrons. The van der Waals surface area contributed by atoms with E-state index in [1.807, 2.05) is 18.2 Å². The third-order valence-corrected chi connectivity index (χ3v) is 6.60. The number of piperidine rings is 1. The predicted molar refractivity (Wildman–Crippen MR) is 110 cm³/mol. The second-order valence-electron chi connectivity index (χ2n) is 8.25. The first kappa shape index (κ1) is 17.0. The molecule has 0 radical (unpaired) electrons. The van der Waals surface area contributed by atoms with Crippen LogP contribution >= 0.6 is 0 Å². The summed E-state index contributed by atoms with van der Waals surface area (Å²) in [5.74, 6) is 2.15. The Morgan fingerprint density at radius 2 is 1.69 bits per heavy atom. The number of hydrogen-bond acceptors (Lipinski definition) is 3. The number of rotatable bonds is 3. The maximum atomic E-state index is 13.3. The molecule has 29 heavy (non-hydrogen) atoms. The average Bonchev–Trinajstić information content (AvgIpc) is 3.33. The minimum Gasteiger partial charge on any atom is -0.454 e. The van der Waals surface area contributed by atoms with Gasteiger partial charge < -0.3 is 9.47 Å². The summed E-state index contributed by atoms with van der Waals surface area (Å²) in [5, 5.41) is 0. The van der Waals surface area contributed by atoms with Gasteiger partial charge in [-0.05, 0) is 83.5 Å². The van der Waals surface area contributed by atoms with Crippen LogP contribution < -0.4 is 9.47 Å². The van der Waals surface area contributed by atoms with E-state index in [2.05, 4.69) is 35.2 Å². The normalized spacial score (nSPS) is 22.0. The monoisotopic (exact) mass is 387 g/mol. The van der Waals surface area contributed by atoms with Crippen molar-refractivity contribution in [2.24, 2.45) is 0 Å². The number of ether oxygens (including phenoxy) is 2. The van der Waals surface area contributed by atoms with Gasteiger partial charge in [0.15, 0.2) is 11.5 Å². The fraction of sp³-hybridized carbons (Fsp3) is 0.280. The predicted octanol–water partition coefficient (Wildman–Crippen LogP) is 5.66. The zero-order valence-corrected chi connectivity index (χ0v) is 16.1. The lowest BCUT2D eigenvalue weighted by Gasteiger charge is -2.33. The van der Waals surface area contributed by atoms with Crippen LogP contribution in [0.3, 0.4) is 0 Å². The van der Waals surface area contributed by atoms with E-state index in [1.165, 1.54) is 47.2 Å². The molecular weight excluding hydrogens is 365 g/mol. The Kier molecular flexibility index (Phi) is 3.88. The molecule has 3 aliphatic rings. The summed E-state index contributed by atoms with van der Waals surface area (Å²) < 4.78 is 24.3. The summed E-state index contributed by atoms with van der Waals surface area (Å²) in [6.07, 6.45) is 2.39. The third kappa shape index (κ3) is 2.90. The fourth-order valence-electron chi connectivity index (χ4n) is 5.14. The molecule has 1 fully saturated rings. The molecule has 0 aromatic heterocycles. The maximum absolute atomic E-state index is 13.3. The lowest BCUT2D eigenvalue weighted by molar-refractivity contribution is 0.144. The zero-order chi connectivity index (χ0) is 19.4. The molecule has 2 heterocycles.